The Morgan fingerprint density at radius 3 is 2.33 bits per heavy atom. The molecule has 0 aromatic heterocycles. The zero-order chi connectivity index (χ0) is 9.14. The third kappa shape index (κ3) is 1.58. The van der Waals surface area contributed by atoms with Crippen molar-refractivity contribution in [2.45, 2.75) is 27.2 Å². The quantitative estimate of drug-likeness (QED) is 0.622. The summed E-state index contributed by atoms with van der Waals surface area (Å²) in [7, 11) is 0. The molecule has 0 atom stereocenters. The van der Waals surface area contributed by atoms with Gasteiger partial charge in [0, 0.05) is 0 Å². The Balaban J connectivity index is 3.22. The van der Waals surface area contributed by atoms with Crippen molar-refractivity contribution >= 4 is 0 Å². The van der Waals surface area contributed by atoms with E-state index >= 15 is 0 Å². The third-order valence-electron chi connectivity index (χ3n) is 2.43. The molecule has 0 aliphatic heterocycles. The first-order chi connectivity index (χ1) is 5.66. The van der Waals surface area contributed by atoms with Crippen LogP contribution in [0.5, 0.6) is 0 Å². The number of aryl methyl sites for hydroxylation is 2. The summed E-state index contributed by atoms with van der Waals surface area (Å²) in [4.78, 5) is 0. The first kappa shape index (κ1) is 9.05. The van der Waals surface area contributed by atoms with Gasteiger partial charge in [-0.1, -0.05) is 24.8 Å². The SMILES string of the molecule is [CH]=CCc1c(C)ccc(C)c1C. The van der Waals surface area contributed by atoms with Crippen molar-refractivity contribution in [1.82, 2.24) is 0 Å². The van der Waals surface area contributed by atoms with Crippen LogP contribution in [0, 0.1) is 27.4 Å². The van der Waals surface area contributed by atoms with Gasteiger partial charge in [-0.15, -0.1) is 0 Å². The first-order valence-electron chi connectivity index (χ1n) is 4.26. The van der Waals surface area contributed by atoms with Crippen LogP contribution in [0.15, 0.2) is 18.2 Å². The number of hydrogen-bond donors (Lipinski definition) is 0. The monoisotopic (exact) mass is 159 g/mol. The topological polar surface area (TPSA) is 0 Å². The molecule has 1 aromatic rings. The molecular formula is C12H15. The van der Waals surface area contributed by atoms with Crippen LogP contribution in [-0.2, 0) is 6.42 Å². The van der Waals surface area contributed by atoms with E-state index in [1.54, 1.807) is 6.08 Å². The fourth-order valence-corrected chi connectivity index (χ4v) is 1.44. The van der Waals surface area contributed by atoms with Gasteiger partial charge in [-0.05, 0) is 49.4 Å². The Morgan fingerprint density at radius 1 is 1.17 bits per heavy atom. The molecule has 1 aromatic carbocycles. The van der Waals surface area contributed by atoms with E-state index in [1.807, 2.05) is 0 Å². The van der Waals surface area contributed by atoms with Crippen molar-refractivity contribution in [3.8, 4) is 0 Å². The summed E-state index contributed by atoms with van der Waals surface area (Å²) in [6.07, 6.45) is 2.59. The molecule has 0 aliphatic carbocycles. The molecule has 0 unspecified atom stereocenters. The molecule has 0 fully saturated rings. The van der Waals surface area contributed by atoms with Crippen LogP contribution in [0.25, 0.3) is 0 Å². The maximum Gasteiger partial charge on any atom is -0.00890 e. The summed E-state index contributed by atoms with van der Waals surface area (Å²) >= 11 is 0. The highest BCUT2D eigenvalue weighted by molar-refractivity contribution is 5.39. The van der Waals surface area contributed by atoms with Gasteiger partial charge in [0.05, 0.1) is 0 Å². The molecule has 0 nitrogen and oxygen atoms in total. The van der Waals surface area contributed by atoms with E-state index in [0.29, 0.717) is 0 Å². The largest absolute Gasteiger partial charge is 0.0801 e. The average molecular weight is 159 g/mol. The summed E-state index contributed by atoms with van der Waals surface area (Å²) in [6.45, 7) is 11.8. The molecule has 0 saturated heterocycles. The second kappa shape index (κ2) is 3.57. The molecule has 0 N–H and O–H groups in total. The lowest BCUT2D eigenvalue weighted by Crippen LogP contribution is -1.94. The van der Waals surface area contributed by atoms with Crippen molar-refractivity contribution in [1.29, 1.82) is 0 Å². The summed E-state index contributed by atoms with van der Waals surface area (Å²) < 4.78 is 0. The highest BCUT2D eigenvalue weighted by Gasteiger charge is 2.01. The van der Waals surface area contributed by atoms with Crippen LogP contribution in [0.3, 0.4) is 0 Å². The van der Waals surface area contributed by atoms with Crippen molar-refractivity contribution in [2.24, 2.45) is 0 Å². The van der Waals surface area contributed by atoms with E-state index in [2.05, 4.69) is 32.9 Å². The van der Waals surface area contributed by atoms with Crippen molar-refractivity contribution in [3.05, 3.63) is 47.0 Å². The summed E-state index contributed by atoms with van der Waals surface area (Å²) in [5, 5.41) is 0. The lowest BCUT2D eigenvalue weighted by Gasteiger charge is -2.09. The summed E-state index contributed by atoms with van der Waals surface area (Å²) in [5.41, 5.74) is 5.42. The van der Waals surface area contributed by atoms with Gasteiger partial charge in [0.2, 0.25) is 0 Å². The molecule has 1 radical (unpaired) electrons. The minimum Gasteiger partial charge on any atom is -0.0801 e. The Labute approximate surface area is 74.9 Å². The predicted octanol–water partition coefficient (Wildman–Crippen LogP) is 3.14. The van der Waals surface area contributed by atoms with E-state index in [1.165, 1.54) is 22.3 Å². The third-order valence-corrected chi connectivity index (χ3v) is 2.43. The minimum atomic E-state index is 0.874. The summed E-state index contributed by atoms with van der Waals surface area (Å²) in [5.74, 6) is 0. The zero-order valence-corrected chi connectivity index (χ0v) is 8.02. The van der Waals surface area contributed by atoms with Crippen LogP contribution in [-0.4, -0.2) is 0 Å². The molecular weight excluding hydrogens is 144 g/mol. The molecule has 0 bridgehead atoms. The second-order valence-electron chi connectivity index (χ2n) is 3.24. The van der Waals surface area contributed by atoms with Crippen LogP contribution >= 0.6 is 0 Å². The van der Waals surface area contributed by atoms with Crippen LogP contribution in [0.4, 0.5) is 0 Å². The lowest BCUT2D eigenvalue weighted by molar-refractivity contribution is 1.14. The second-order valence-corrected chi connectivity index (χ2v) is 3.24. The van der Waals surface area contributed by atoms with Gasteiger partial charge in [-0.3, -0.25) is 0 Å². The van der Waals surface area contributed by atoms with Gasteiger partial charge in [0.1, 0.15) is 0 Å². The highest BCUT2D eigenvalue weighted by Crippen LogP contribution is 2.17. The van der Waals surface area contributed by atoms with Crippen molar-refractivity contribution in [2.75, 3.05) is 0 Å². The Kier molecular flexibility index (Phi) is 2.69. The molecule has 0 aliphatic rings. The zero-order valence-electron chi connectivity index (χ0n) is 8.02. The smallest absolute Gasteiger partial charge is 0.00890 e. The molecule has 0 amide bonds. The minimum absolute atomic E-state index is 0.874. The van der Waals surface area contributed by atoms with Crippen LogP contribution in [0.2, 0.25) is 0 Å². The molecule has 0 saturated carbocycles. The van der Waals surface area contributed by atoms with Gasteiger partial charge < -0.3 is 0 Å². The van der Waals surface area contributed by atoms with E-state index in [9.17, 15) is 0 Å². The molecule has 1 rings (SSSR count). The Morgan fingerprint density at radius 2 is 1.75 bits per heavy atom. The molecule has 0 spiro atoms. The van der Waals surface area contributed by atoms with Gasteiger partial charge in [-0.2, -0.15) is 0 Å². The van der Waals surface area contributed by atoms with E-state index in [0.717, 1.165) is 6.42 Å². The normalized spacial score (nSPS) is 9.92. The first-order valence-corrected chi connectivity index (χ1v) is 4.26. The van der Waals surface area contributed by atoms with Crippen LogP contribution < -0.4 is 0 Å². The Hall–Kier alpha value is -1.04. The fraction of sp³-hybridized carbons (Fsp3) is 0.333. The molecule has 63 valence electrons. The average Bonchev–Trinajstić information content (AvgIpc) is 2.06. The molecule has 0 heteroatoms. The number of hydrogen-bond acceptors (Lipinski definition) is 0. The van der Waals surface area contributed by atoms with Crippen molar-refractivity contribution < 1.29 is 0 Å². The van der Waals surface area contributed by atoms with E-state index in [-0.39, 0.29) is 0 Å². The van der Waals surface area contributed by atoms with Crippen molar-refractivity contribution in [3.63, 3.8) is 0 Å². The van der Waals surface area contributed by atoms with Gasteiger partial charge >= 0.3 is 0 Å². The number of rotatable bonds is 2. The van der Waals surface area contributed by atoms with Gasteiger partial charge in [0.25, 0.3) is 0 Å². The van der Waals surface area contributed by atoms with E-state index < -0.39 is 0 Å². The lowest BCUT2D eigenvalue weighted by atomic mass is 9.96. The maximum atomic E-state index is 5.42. The van der Waals surface area contributed by atoms with Gasteiger partial charge in [0.15, 0.2) is 0 Å². The maximum absolute atomic E-state index is 5.42. The van der Waals surface area contributed by atoms with Crippen LogP contribution in [0.1, 0.15) is 22.3 Å². The number of allylic oxidation sites excluding steroid dienone is 1. The number of benzene rings is 1. The standard InChI is InChI=1S/C12H15/c1-5-6-12-10(3)8-7-9(2)11(12)4/h1,5,7-8H,6H2,2-4H3. The molecule has 0 heterocycles. The molecule has 12 heavy (non-hydrogen) atoms. The Bertz CT molecular complexity index is 295. The van der Waals surface area contributed by atoms with E-state index in [4.69, 9.17) is 6.58 Å². The fourth-order valence-electron chi connectivity index (χ4n) is 1.44. The predicted molar refractivity (Wildman–Crippen MR) is 53.2 cm³/mol. The van der Waals surface area contributed by atoms with Gasteiger partial charge in [-0.25, -0.2) is 0 Å². The highest BCUT2D eigenvalue weighted by atomic mass is 14.1. The summed E-state index contributed by atoms with van der Waals surface area (Å²) in [6, 6.07) is 4.31.